The summed E-state index contributed by atoms with van der Waals surface area (Å²) in [7, 11) is 0. The number of hydrogen-bond donors (Lipinski definition) is 2. The van der Waals surface area contributed by atoms with Gasteiger partial charge in [0.25, 0.3) is 0 Å². The molecule has 0 aliphatic heterocycles. The molecule has 4 heteroatoms. The molecule has 1 unspecified atom stereocenters. The summed E-state index contributed by atoms with van der Waals surface area (Å²) in [4.78, 5) is 11.8. The highest BCUT2D eigenvalue weighted by molar-refractivity contribution is 5.90. The van der Waals surface area contributed by atoms with Gasteiger partial charge in [0, 0.05) is 0 Å². The first kappa shape index (κ1) is 13.1. The van der Waals surface area contributed by atoms with E-state index in [1.165, 1.54) is 6.26 Å². The van der Waals surface area contributed by atoms with Gasteiger partial charge < -0.3 is 4.42 Å². The third-order valence-electron chi connectivity index (χ3n) is 2.71. The summed E-state index contributed by atoms with van der Waals surface area (Å²) in [5, 5.41) is 0. The van der Waals surface area contributed by atoms with Crippen molar-refractivity contribution in [3.8, 4) is 0 Å². The topological polar surface area (TPSA) is 54.3 Å². The van der Waals surface area contributed by atoms with Crippen molar-refractivity contribution in [2.45, 2.75) is 12.5 Å². The molecule has 1 aromatic heterocycles. The van der Waals surface area contributed by atoms with Gasteiger partial charge >= 0.3 is 5.91 Å². The van der Waals surface area contributed by atoms with Crippen molar-refractivity contribution >= 4 is 5.91 Å². The average molecular weight is 256 g/mol. The van der Waals surface area contributed by atoms with E-state index in [1.807, 2.05) is 36.4 Å². The van der Waals surface area contributed by atoms with Crippen LogP contribution in [-0.2, 0) is 0 Å². The van der Waals surface area contributed by atoms with Crippen LogP contribution in [0.2, 0.25) is 0 Å². The zero-order valence-electron chi connectivity index (χ0n) is 10.5. The van der Waals surface area contributed by atoms with Crippen LogP contribution in [0.3, 0.4) is 0 Å². The van der Waals surface area contributed by atoms with E-state index >= 15 is 0 Å². The zero-order chi connectivity index (χ0) is 13.5. The molecule has 0 saturated heterocycles. The summed E-state index contributed by atoms with van der Waals surface area (Å²) >= 11 is 0. The quantitative estimate of drug-likeness (QED) is 0.617. The van der Waals surface area contributed by atoms with Gasteiger partial charge in [0.2, 0.25) is 0 Å². The summed E-state index contributed by atoms with van der Waals surface area (Å²) in [5.74, 6) is -0.0205. The van der Waals surface area contributed by atoms with Crippen molar-refractivity contribution < 1.29 is 9.21 Å². The number of benzene rings is 1. The minimum Gasteiger partial charge on any atom is -0.459 e. The molecular formula is C15H16N2O2. The highest BCUT2D eigenvalue weighted by Crippen LogP contribution is 2.15. The molecule has 2 N–H and O–H groups in total. The Morgan fingerprint density at radius 2 is 2.05 bits per heavy atom. The molecule has 4 nitrogen and oxygen atoms in total. The molecule has 1 heterocycles. The maximum atomic E-state index is 11.8. The van der Waals surface area contributed by atoms with Crippen LogP contribution in [0.4, 0.5) is 0 Å². The fourth-order valence-electron chi connectivity index (χ4n) is 1.75. The molecule has 1 amide bonds. The summed E-state index contributed by atoms with van der Waals surface area (Å²) < 4.78 is 5.02. The summed E-state index contributed by atoms with van der Waals surface area (Å²) in [5.41, 5.74) is 6.72. The van der Waals surface area contributed by atoms with Crippen molar-refractivity contribution in [1.82, 2.24) is 10.9 Å². The largest absolute Gasteiger partial charge is 0.459 e. The second kappa shape index (κ2) is 6.56. The minimum atomic E-state index is -0.296. The molecule has 0 fully saturated rings. The predicted molar refractivity (Wildman–Crippen MR) is 73.3 cm³/mol. The van der Waals surface area contributed by atoms with Crippen LogP contribution in [0.1, 0.15) is 28.6 Å². The lowest BCUT2D eigenvalue weighted by Gasteiger charge is -2.17. The Morgan fingerprint density at radius 1 is 1.26 bits per heavy atom. The number of carbonyl (C=O) groups excluding carboxylic acids is 1. The first-order chi connectivity index (χ1) is 9.31. The lowest BCUT2D eigenvalue weighted by molar-refractivity contribution is 0.0896. The highest BCUT2D eigenvalue weighted by Gasteiger charge is 2.12. The average Bonchev–Trinajstić information content (AvgIpc) is 2.98. The standard InChI is InChI=1S/C15H16N2O2/c1-2-7-13(12-8-4-3-5-9-12)16-17-15(18)14-10-6-11-19-14/h2-6,8-11,13,16H,1,7H2,(H,17,18). The molecular weight excluding hydrogens is 240 g/mol. The Morgan fingerprint density at radius 3 is 2.68 bits per heavy atom. The highest BCUT2D eigenvalue weighted by atomic mass is 16.3. The van der Waals surface area contributed by atoms with Gasteiger partial charge in [-0.15, -0.1) is 6.58 Å². The number of furan rings is 1. The van der Waals surface area contributed by atoms with Crippen LogP contribution in [0.25, 0.3) is 0 Å². The van der Waals surface area contributed by atoms with Gasteiger partial charge in [0.15, 0.2) is 5.76 Å². The van der Waals surface area contributed by atoms with Crippen LogP contribution in [0.15, 0.2) is 65.8 Å². The summed E-state index contributed by atoms with van der Waals surface area (Å²) in [6.45, 7) is 3.73. The maximum absolute atomic E-state index is 11.8. The number of carbonyl (C=O) groups is 1. The predicted octanol–water partition coefficient (Wildman–Crippen LogP) is 2.83. The number of nitrogens with one attached hydrogen (secondary N) is 2. The van der Waals surface area contributed by atoms with E-state index in [9.17, 15) is 4.79 Å². The van der Waals surface area contributed by atoms with E-state index in [2.05, 4.69) is 17.4 Å². The molecule has 98 valence electrons. The second-order valence-corrected chi connectivity index (χ2v) is 4.06. The van der Waals surface area contributed by atoms with E-state index < -0.39 is 0 Å². The molecule has 0 radical (unpaired) electrons. The Hall–Kier alpha value is -2.33. The maximum Gasteiger partial charge on any atom is 0.301 e. The van der Waals surface area contributed by atoms with Gasteiger partial charge in [-0.25, -0.2) is 5.43 Å². The summed E-state index contributed by atoms with van der Waals surface area (Å²) in [6, 6.07) is 13.1. The SMILES string of the molecule is C=CCC(NNC(=O)c1ccco1)c1ccccc1. The van der Waals surface area contributed by atoms with Crippen molar-refractivity contribution in [3.05, 3.63) is 72.7 Å². The summed E-state index contributed by atoms with van der Waals surface area (Å²) in [6.07, 6.45) is 3.99. The van der Waals surface area contributed by atoms with E-state index in [0.717, 1.165) is 5.56 Å². The van der Waals surface area contributed by atoms with Crippen LogP contribution in [0, 0.1) is 0 Å². The van der Waals surface area contributed by atoms with Gasteiger partial charge in [0.1, 0.15) is 0 Å². The monoisotopic (exact) mass is 256 g/mol. The molecule has 2 rings (SSSR count). The molecule has 1 aromatic carbocycles. The number of hydrazine groups is 1. The first-order valence-corrected chi connectivity index (χ1v) is 6.06. The Kier molecular flexibility index (Phi) is 4.53. The lowest BCUT2D eigenvalue weighted by Crippen LogP contribution is -2.39. The van der Waals surface area contributed by atoms with Gasteiger partial charge in [-0.1, -0.05) is 36.4 Å². The van der Waals surface area contributed by atoms with Crippen molar-refractivity contribution in [1.29, 1.82) is 0 Å². The first-order valence-electron chi connectivity index (χ1n) is 6.06. The zero-order valence-corrected chi connectivity index (χ0v) is 10.5. The van der Waals surface area contributed by atoms with Crippen molar-refractivity contribution in [2.24, 2.45) is 0 Å². The molecule has 0 aliphatic carbocycles. The fraction of sp³-hybridized carbons (Fsp3) is 0.133. The molecule has 19 heavy (non-hydrogen) atoms. The van der Waals surface area contributed by atoms with Gasteiger partial charge in [-0.05, 0) is 24.1 Å². The van der Waals surface area contributed by atoms with E-state index in [-0.39, 0.29) is 17.7 Å². The normalized spacial score (nSPS) is 11.8. The van der Waals surface area contributed by atoms with E-state index in [0.29, 0.717) is 6.42 Å². The number of amides is 1. The third kappa shape index (κ3) is 3.56. The van der Waals surface area contributed by atoms with Crippen LogP contribution < -0.4 is 10.9 Å². The smallest absolute Gasteiger partial charge is 0.301 e. The van der Waals surface area contributed by atoms with E-state index in [4.69, 9.17) is 4.42 Å². The van der Waals surface area contributed by atoms with Gasteiger partial charge in [-0.2, -0.15) is 0 Å². The number of hydrogen-bond acceptors (Lipinski definition) is 3. The molecule has 2 aromatic rings. The van der Waals surface area contributed by atoms with Crippen molar-refractivity contribution in [2.75, 3.05) is 0 Å². The van der Waals surface area contributed by atoms with Crippen molar-refractivity contribution in [3.63, 3.8) is 0 Å². The number of rotatable bonds is 6. The Bertz CT molecular complexity index is 520. The van der Waals surface area contributed by atoms with Gasteiger partial charge in [-0.3, -0.25) is 10.2 Å². The molecule has 0 bridgehead atoms. The van der Waals surface area contributed by atoms with Gasteiger partial charge in [0.05, 0.1) is 12.3 Å². The van der Waals surface area contributed by atoms with E-state index in [1.54, 1.807) is 12.1 Å². The molecule has 0 saturated carbocycles. The Labute approximate surface area is 112 Å². The Balaban J connectivity index is 1.98. The fourth-order valence-corrected chi connectivity index (χ4v) is 1.75. The third-order valence-corrected chi connectivity index (χ3v) is 2.71. The molecule has 1 atom stereocenters. The van der Waals surface area contributed by atoms with Crippen LogP contribution in [-0.4, -0.2) is 5.91 Å². The lowest BCUT2D eigenvalue weighted by atomic mass is 10.0. The molecule has 0 aliphatic rings. The van der Waals surface area contributed by atoms with Crippen LogP contribution in [0.5, 0.6) is 0 Å². The molecule has 0 spiro atoms. The minimum absolute atomic E-state index is 0.0161. The second-order valence-electron chi connectivity index (χ2n) is 4.06. The van der Waals surface area contributed by atoms with Crippen LogP contribution >= 0.6 is 0 Å².